The molecular weight excluding hydrogens is 364 g/mol. The predicted octanol–water partition coefficient (Wildman–Crippen LogP) is 3.49. The molecule has 29 heavy (non-hydrogen) atoms. The highest BCUT2D eigenvalue weighted by atomic mass is 16.2. The number of hydrogen-bond acceptors (Lipinski definition) is 3. The van der Waals surface area contributed by atoms with Gasteiger partial charge in [0.1, 0.15) is 0 Å². The second-order valence-corrected chi connectivity index (χ2v) is 7.14. The number of carbonyl (C=O) groups is 2. The molecule has 2 aromatic rings. The van der Waals surface area contributed by atoms with Crippen LogP contribution < -0.4 is 15.5 Å². The van der Waals surface area contributed by atoms with Crippen molar-refractivity contribution >= 4 is 23.3 Å². The third kappa shape index (κ3) is 6.19. The molecule has 1 aliphatic heterocycles. The number of anilines is 2. The lowest BCUT2D eigenvalue weighted by atomic mass is 10.1. The molecule has 0 spiro atoms. The third-order valence-corrected chi connectivity index (χ3v) is 4.99. The standard InChI is InChI=1S/C23H28N4O2/c1-2-15-27(21-11-7-4-8-12-21)22(28)18-26-16-13-20(14-17-26)25-23(29)24-19-9-5-3-6-10-19/h2-12,20H,1,13-18H2,(H2,24,25,29). The molecule has 3 amide bonds. The van der Waals surface area contributed by atoms with Crippen LogP contribution in [0.25, 0.3) is 0 Å². The monoisotopic (exact) mass is 392 g/mol. The van der Waals surface area contributed by atoms with Gasteiger partial charge in [-0.05, 0) is 37.1 Å². The number of likely N-dealkylation sites (tertiary alicyclic amines) is 1. The summed E-state index contributed by atoms with van der Waals surface area (Å²) < 4.78 is 0. The van der Waals surface area contributed by atoms with E-state index in [0.717, 1.165) is 37.3 Å². The third-order valence-electron chi connectivity index (χ3n) is 4.99. The number of urea groups is 1. The first-order valence-corrected chi connectivity index (χ1v) is 9.97. The number of piperidine rings is 1. The number of carbonyl (C=O) groups excluding carboxylic acids is 2. The summed E-state index contributed by atoms with van der Waals surface area (Å²) in [5, 5.41) is 5.87. The molecule has 1 heterocycles. The molecule has 6 heteroatoms. The highest BCUT2D eigenvalue weighted by Gasteiger charge is 2.24. The van der Waals surface area contributed by atoms with Crippen LogP contribution in [0.5, 0.6) is 0 Å². The first kappa shape index (κ1) is 20.6. The fourth-order valence-corrected chi connectivity index (χ4v) is 3.47. The van der Waals surface area contributed by atoms with Gasteiger partial charge in [-0.2, -0.15) is 0 Å². The summed E-state index contributed by atoms with van der Waals surface area (Å²) >= 11 is 0. The zero-order valence-corrected chi connectivity index (χ0v) is 16.6. The van der Waals surface area contributed by atoms with Crippen LogP contribution in [0, 0.1) is 0 Å². The minimum Gasteiger partial charge on any atom is -0.335 e. The van der Waals surface area contributed by atoms with Crippen molar-refractivity contribution in [1.29, 1.82) is 0 Å². The van der Waals surface area contributed by atoms with Gasteiger partial charge in [0.05, 0.1) is 6.54 Å². The highest BCUT2D eigenvalue weighted by Crippen LogP contribution is 2.16. The van der Waals surface area contributed by atoms with E-state index in [4.69, 9.17) is 0 Å². The summed E-state index contributed by atoms with van der Waals surface area (Å²) in [4.78, 5) is 28.9. The number of nitrogens with zero attached hydrogens (tertiary/aromatic N) is 2. The Bertz CT molecular complexity index is 802. The number of amides is 3. The number of rotatable bonds is 7. The van der Waals surface area contributed by atoms with E-state index in [1.807, 2.05) is 60.7 Å². The largest absolute Gasteiger partial charge is 0.335 e. The maximum absolute atomic E-state index is 12.8. The van der Waals surface area contributed by atoms with E-state index in [2.05, 4.69) is 22.1 Å². The molecule has 2 aromatic carbocycles. The Morgan fingerprint density at radius 1 is 1.03 bits per heavy atom. The maximum Gasteiger partial charge on any atom is 0.319 e. The van der Waals surface area contributed by atoms with E-state index in [9.17, 15) is 9.59 Å². The first-order chi connectivity index (χ1) is 14.2. The van der Waals surface area contributed by atoms with Gasteiger partial charge in [-0.1, -0.05) is 42.5 Å². The lowest BCUT2D eigenvalue weighted by Gasteiger charge is -2.33. The van der Waals surface area contributed by atoms with E-state index in [1.165, 1.54) is 0 Å². The van der Waals surface area contributed by atoms with Gasteiger partial charge in [0.2, 0.25) is 5.91 Å². The van der Waals surface area contributed by atoms with Crippen LogP contribution in [-0.2, 0) is 4.79 Å². The zero-order chi connectivity index (χ0) is 20.5. The van der Waals surface area contributed by atoms with Crippen molar-refractivity contribution in [3.8, 4) is 0 Å². The summed E-state index contributed by atoms with van der Waals surface area (Å²) in [5.41, 5.74) is 1.66. The van der Waals surface area contributed by atoms with Crippen LogP contribution in [0.2, 0.25) is 0 Å². The van der Waals surface area contributed by atoms with Gasteiger partial charge in [0.15, 0.2) is 0 Å². The summed E-state index contributed by atoms with van der Waals surface area (Å²) in [5.74, 6) is 0.0596. The first-order valence-electron chi connectivity index (χ1n) is 9.97. The average Bonchev–Trinajstić information content (AvgIpc) is 2.74. The van der Waals surface area contributed by atoms with E-state index >= 15 is 0 Å². The second kappa shape index (κ2) is 10.4. The van der Waals surface area contributed by atoms with Gasteiger partial charge in [-0.25, -0.2) is 4.79 Å². The van der Waals surface area contributed by atoms with Crippen molar-refractivity contribution in [2.45, 2.75) is 18.9 Å². The van der Waals surface area contributed by atoms with Crippen LogP contribution in [0.1, 0.15) is 12.8 Å². The van der Waals surface area contributed by atoms with Crippen LogP contribution >= 0.6 is 0 Å². The molecule has 0 aliphatic carbocycles. The topological polar surface area (TPSA) is 64.7 Å². The molecule has 0 bridgehead atoms. The van der Waals surface area contributed by atoms with E-state index in [0.29, 0.717) is 13.1 Å². The number of hydrogen-bond donors (Lipinski definition) is 2. The Labute approximate surface area is 172 Å². The molecule has 1 aliphatic rings. The number of benzene rings is 2. The van der Waals surface area contributed by atoms with Gasteiger partial charge in [0, 0.05) is 37.1 Å². The second-order valence-electron chi connectivity index (χ2n) is 7.14. The minimum atomic E-state index is -0.188. The van der Waals surface area contributed by atoms with Crippen molar-refractivity contribution in [3.05, 3.63) is 73.3 Å². The highest BCUT2D eigenvalue weighted by molar-refractivity contribution is 5.95. The molecule has 2 N–H and O–H groups in total. The Morgan fingerprint density at radius 3 is 2.28 bits per heavy atom. The van der Waals surface area contributed by atoms with E-state index in [-0.39, 0.29) is 18.0 Å². The Hall–Kier alpha value is -3.12. The molecule has 1 saturated heterocycles. The van der Waals surface area contributed by atoms with Gasteiger partial charge < -0.3 is 15.5 Å². The van der Waals surface area contributed by atoms with Gasteiger partial charge >= 0.3 is 6.03 Å². The summed E-state index contributed by atoms with van der Waals surface area (Å²) in [6.45, 7) is 6.18. The van der Waals surface area contributed by atoms with Gasteiger partial charge in [-0.3, -0.25) is 9.69 Å². The molecule has 0 radical (unpaired) electrons. The van der Waals surface area contributed by atoms with Crippen molar-refractivity contribution in [3.63, 3.8) is 0 Å². The van der Waals surface area contributed by atoms with Crippen LogP contribution in [-0.4, -0.2) is 49.1 Å². The van der Waals surface area contributed by atoms with Gasteiger partial charge in [-0.15, -0.1) is 6.58 Å². The molecular formula is C23H28N4O2. The molecule has 0 atom stereocenters. The normalized spacial score (nSPS) is 14.8. The Kier molecular flexibility index (Phi) is 7.41. The maximum atomic E-state index is 12.8. The molecule has 152 valence electrons. The summed E-state index contributed by atoms with van der Waals surface area (Å²) in [6, 6.07) is 19.0. The molecule has 0 aromatic heterocycles. The fourth-order valence-electron chi connectivity index (χ4n) is 3.47. The summed E-state index contributed by atoms with van der Waals surface area (Å²) in [7, 11) is 0. The Balaban J connectivity index is 1.45. The number of nitrogens with one attached hydrogen (secondary N) is 2. The van der Waals surface area contributed by atoms with Crippen molar-refractivity contribution in [2.75, 3.05) is 36.4 Å². The zero-order valence-electron chi connectivity index (χ0n) is 16.6. The van der Waals surface area contributed by atoms with Crippen LogP contribution in [0.4, 0.5) is 16.2 Å². The van der Waals surface area contributed by atoms with Crippen LogP contribution in [0.15, 0.2) is 73.3 Å². The number of para-hydroxylation sites is 2. The minimum absolute atomic E-state index is 0.0596. The van der Waals surface area contributed by atoms with Gasteiger partial charge in [0.25, 0.3) is 0 Å². The lowest BCUT2D eigenvalue weighted by molar-refractivity contribution is -0.119. The average molecular weight is 393 g/mol. The molecule has 6 nitrogen and oxygen atoms in total. The fraction of sp³-hybridized carbons (Fsp3) is 0.304. The van der Waals surface area contributed by atoms with Crippen LogP contribution in [0.3, 0.4) is 0 Å². The Morgan fingerprint density at radius 2 is 1.66 bits per heavy atom. The molecule has 0 saturated carbocycles. The van der Waals surface area contributed by atoms with Crippen molar-refractivity contribution in [1.82, 2.24) is 10.2 Å². The molecule has 0 unspecified atom stereocenters. The summed E-state index contributed by atoms with van der Waals surface area (Å²) in [6.07, 6.45) is 3.39. The lowest BCUT2D eigenvalue weighted by Crippen LogP contribution is -2.49. The molecule has 3 rings (SSSR count). The van der Waals surface area contributed by atoms with E-state index in [1.54, 1.807) is 11.0 Å². The quantitative estimate of drug-likeness (QED) is 0.709. The predicted molar refractivity (Wildman–Crippen MR) is 117 cm³/mol. The SMILES string of the molecule is C=CCN(C(=O)CN1CCC(NC(=O)Nc2ccccc2)CC1)c1ccccc1. The molecule has 1 fully saturated rings. The smallest absolute Gasteiger partial charge is 0.319 e. The van der Waals surface area contributed by atoms with E-state index < -0.39 is 0 Å². The van der Waals surface area contributed by atoms with Crippen molar-refractivity contribution < 1.29 is 9.59 Å². The van der Waals surface area contributed by atoms with Crippen molar-refractivity contribution in [2.24, 2.45) is 0 Å².